The van der Waals surface area contributed by atoms with Crippen LogP contribution >= 0.6 is 0 Å². The Bertz CT molecular complexity index is 746. The van der Waals surface area contributed by atoms with Crippen LogP contribution in [-0.4, -0.2) is 34.3 Å². The van der Waals surface area contributed by atoms with E-state index in [9.17, 15) is 19.5 Å². The van der Waals surface area contributed by atoms with Gasteiger partial charge < -0.3 is 15.4 Å². The Hall–Kier alpha value is -2.63. The third kappa shape index (κ3) is 3.16. The Kier molecular flexibility index (Phi) is 4.60. The molecule has 0 spiro atoms. The molecule has 0 aliphatic heterocycles. The highest BCUT2D eigenvalue weighted by Gasteiger charge is 2.17. The first-order valence-electron chi connectivity index (χ1n) is 7.09. The number of aromatic carboxylic acids is 1. The molecule has 1 aromatic heterocycles. The highest BCUT2D eigenvalue weighted by molar-refractivity contribution is 6.02. The summed E-state index contributed by atoms with van der Waals surface area (Å²) in [6.45, 7) is 3.57. The quantitative estimate of drug-likeness (QED) is 0.712. The van der Waals surface area contributed by atoms with Crippen LogP contribution in [-0.2, 0) is 11.2 Å². The van der Waals surface area contributed by atoms with Crippen LogP contribution in [0.3, 0.4) is 0 Å². The maximum atomic E-state index is 11.5. The maximum absolute atomic E-state index is 11.5. The number of hydrogen-bond acceptors (Lipinski definition) is 3. The van der Waals surface area contributed by atoms with Crippen molar-refractivity contribution in [1.29, 1.82) is 0 Å². The number of aromatic nitrogens is 1. The fourth-order valence-corrected chi connectivity index (χ4v) is 2.36. The van der Waals surface area contributed by atoms with Gasteiger partial charge in [-0.25, -0.2) is 4.79 Å². The number of aromatic amines is 1. The van der Waals surface area contributed by atoms with E-state index in [4.69, 9.17) is 0 Å². The minimum absolute atomic E-state index is 0.0785. The minimum Gasteiger partial charge on any atom is -0.477 e. The van der Waals surface area contributed by atoms with Crippen molar-refractivity contribution in [1.82, 2.24) is 10.3 Å². The molecule has 0 saturated carbocycles. The predicted octanol–water partition coefficient (Wildman–Crippen LogP) is 2.14. The first-order chi connectivity index (χ1) is 10.4. The van der Waals surface area contributed by atoms with Crippen LogP contribution in [0.1, 0.15) is 46.7 Å². The van der Waals surface area contributed by atoms with Gasteiger partial charge in [0.1, 0.15) is 5.69 Å². The number of benzene rings is 1. The van der Waals surface area contributed by atoms with Crippen LogP contribution in [0, 0.1) is 0 Å². The zero-order valence-corrected chi connectivity index (χ0v) is 12.5. The maximum Gasteiger partial charge on any atom is 0.352 e. The molecule has 0 fully saturated rings. The number of amides is 1. The van der Waals surface area contributed by atoms with Gasteiger partial charge in [-0.3, -0.25) is 9.59 Å². The SMILES string of the molecule is CCC(=O)NCCc1c(C(=O)O)[nH]c2ccc(C(C)=O)cc12. The Morgan fingerprint density at radius 2 is 2.00 bits per heavy atom. The van der Waals surface area contributed by atoms with Crippen molar-refractivity contribution in [2.75, 3.05) is 6.54 Å². The topological polar surface area (TPSA) is 99.3 Å². The second kappa shape index (κ2) is 6.43. The second-order valence-electron chi connectivity index (χ2n) is 5.05. The molecule has 1 heterocycles. The van der Waals surface area contributed by atoms with E-state index in [2.05, 4.69) is 10.3 Å². The number of hydrogen-bond donors (Lipinski definition) is 3. The Morgan fingerprint density at radius 1 is 1.27 bits per heavy atom. The van der Waals surface area contributed by atoms with Crippen LogP contribution in [0.15, 0.2) is 18.2 Å². The smallest absolute Gasteiger partial charge is 0.352 e. The van der Waals surface area contributed by atoms with E-state index in [1.165, 1.54) is 6.92 Å². The molecule has 1 amide bonds. The van der Waals surface area contributed by atoms with Gasteiger partial charge in [0.15, 0.2) is 5.78 Å². The number of nitrogens with one attached hydrogen (secondary N) is 2. The molecule has 6 heteroatoms. The van der Waals surface area contributed by atoms with Crippen LogP contribution < -0.4 is 5.32 Å². The number of carbonyl (C=O) groups is 3. The highest BCUT2D eigenvalue weighted by Crippen LogP contribution is 2.24. The number of fused-ring (bicyclic) bond motifs is 1. The molecule has 0 bridgehead atoms. The average molecular weight is 302 g/mol. The number of H-pyrrole nitrogens is 1. The molecule has 2 aromatic rings. The molecular formula is C16H18N2O4. The van der Waals surface area contributed by atoms with Crippen molar-refractivity contribution < 1.29 is 19.5 Å². The van der Waals surface area contributed by atoms with Crippen molar-refractivity contribution in [2.24, 2.45) is 0 Å². The summed E-state index contributed by atoms with van der Waals surface area (Å²) in [5.74, 6) is -1.22. The molecule has 22 heavy (non-hydrogen) atoms. The van der Waals surface area contributed by atoms with Crippen LogP contribution in [0.25, 0.3) is 10.9 Å². The zero-order chi connectivity index (χ0) is 16.3. The fourth-order valence-electron chi connectivity index (χ4n) is 2.36. The summed E-state index contributed by atoms with van der Waals surface area (Å²) in [6.07, 6.45) is 0.767. The van der Waals surface area contributed by atoms with E-state index in [1.807, 2.05) is 0 Å². The summed E-state index contributed by atoms with van der Waals surface area (Å²) in [5.41, 5.74) is 1.89. The fraction of sp³-hybridized carbons (Fsp3) is 0.312. The number of carboxylic acid groups (broad SMARTS) is 1. The molecule has 1 aromatic carbocycles. The van der Waals surface area contributed by atoms with Gasteiger partial charge >= 0.3 is 5.97 Å². The molecule has 0 aliphatic rings. The van der Waals surface area contributed by atoms with E-state index in [-0.39, 0.29) is 17.4 Å². The predicted molar refractivity (Wildman–Crippen MR) is 82.3 cm³/mol. The Labute approximate surface area is 127 Å². The van der Waals surface area contributed by atoms with Gasteiger partial charge in [-0.2, -0.15) is 0 Å². The molecule has 3 N–H and O–H groups in total. The van der Waals surface area contributed by atoms with E-state index in [0.29, 0.717) is 41.4 Å². The normalized spacial score (nSPS) is 10.6. The molecule has 2 rings (SSSR count). The van der Waals surface area contributed by atoms with Gasteiger partial charge in [0.25, 0.3) is 0 Å². The number of rotatable bonds is 6. The van der Waals surface area contributed by atoms with E-state index >= 15 is 0 Å². The van der Waals surface area contributed by atoms with Gasteiger partial charge in [-0.05, 0) is 37.1 Å². The van der Waals surface area contributed by atoms with Crippen molar-refractivity contribution >= 4 is 28.6 Å². The summed E-state index contributed by atoms with van der Waals surface area (Å²) in [4.78, 5) is 37.0. The zero-order valence-electron chi connectivity index (χ0n) is 12.5. The molecular weight excluding hydrogens is 284 g/mol. The van der Waals surface area contributed by atoms with Gasteiger partial charge in [-0.1, -0.05) is 6.92 Å². The molecule has 0 atom stereocenters. The van der Waals surface area contributed by atoms with Crippen LogP contribution in [0.5, 0.6) is 0 Å². The second-order valence-corrected chi connectivity index (χ2v) is 5.05. The standard InChI is InChI=1S/C16H18N2O4/c1-3-14(20)17-7-6-11-12-8-10(9(2)19)4-5-13(12)18-15(11)16(21)22/h4-5,8,18H,3,6-7H2,1-2H3,(H,17,20)(H,21,22). The summed E-state index contributed by atoms with van der Waals surface area (Å²) < 4.78 is 0. The van der Waals surface area contributed by atoms with Gasteiger partial charge in [0.2, 0.25) is 5.91 Å². The molecule has 0 aliphatic carbocycles. The largest absolute Gasteiger partial charge is 0.477 e. The summed E-state index contributed by atoms with van der Waals surface area (Å²) in [7, 11) is 0. The Balaban J connectivity index is 2.40. The summed E-state index contributed by atoms with van der Waals surface area (Å²) >= 11 is 0. The first kappa shape index (κ1) is 15.8. The average Bonchev–Trinajstić information content (AvgIpc) is 2.85. The lowest BCUT2D eigenvalue weighted by Crippen LogP contribution is -2.24. The number of carboxylic acids is 1. The molecule has 6 nitrogen and oxygen atoms in total. The third-order valence-electron chi connectivity index (χ3n) is 3.54. The number of ketones is 1. The Morgan fingerprint density at radius 3 is 2.59 bits per heavy atom. The van der Waals surface area contributed by atoms with Crippen molar-refractivity contribution in [3.05, 3.63) is 35.0 Å². The summed E-state index contributed by atoms with van der Waals surface area (Å²) in [6, 6.07) is 5.06. The van der Waals surface area contributed by atoms with Gasteiger partial charge in [0.05, 0.1) is 0 Å². The molecule has 0 saturated heterocycles. The van der Waals surface area contributed by atoms with Crippen LogP contribution in [0.4, 0.5) is 0 Å². The lowest BCUT2D eigenvalue weighted by Gasteiger charge is -2.05. The lowest BCUT2D eigenvalue weighted by atomic mass is 10.0. The monoisotopic (exact) mass is 302 g/mol. The third-order valence-corrected chi connectivity index (χ3v) is 3.54. The van der Waals surface area contributed by atoms with E-state index in [0.717, 1.165) is 0 Å². The highest BCUT2D eigenvalue weighted by atomic mass is 16.4. The van der Waals surface area contributed by atoms with Crippen molar-refractivity contribution in [3.8, 4) is 0 Å². The van der Waals surface area contributed by atoms with E-state index < -0.39 is 5.97 Å². The lowest BCUT2D eigenvalue weighted by molar-refractivity contribution is -0.120. The van der Waals surface area contributed by atoms with Gasteiger partial charge in [-0.15, -0.1) is 0 Å². The molecule has 0 unspecified atom stereocenters. The van der Waals surface area contributed by atoms with Crippen LogP contribution in [0.2, 0.25) is 0 Å². The number of Topliss-reactive ketones (excluding diaryl/α,β-unsaturated/α-hetero) is 1. The number of carbonyl (C=O) groups excluding carboxylic acids is 2. The minimum atomic E-state index is -1.06. The molecule has 0 radical (unpaired) electrons. The van der Waals surface area contributed by atoms with Gasteiger partial charge in [0, 0.05) is 29.4 Å². The van der Waals surface area contributed by atoms with E-state index in [1.54, 1.807) is 25.1 Å². The van der Waals surface area contributed by atoms with Crippen molar-refractivity contribution in [2.45, 2.75) is 26.7 Å². The molecule has 116 valence electrons. The van der Waals surface area contributed by atoms with Crippen molar-refractivity contribution in [3.63, 3.8) is 0 Å². The first-order valence-corrected chi connectivity index (χ1v) is 7.09. The summed E-state index contributed by atoms with van der Waals surface area (Å²) in [5, 5.41) is 12.7.